The van der Waals surface area contributed by atoms with E-state index in [4.69, 9.17) is 16.0 Å². The van der Waals surface area contributed by atoms with E-state index >= 15 is 0 Å². The highest BCUT2D eigenvalue weighted by Gasteiger charge is 2.14. The average Bonchev–Trinajstić information content (AvgIpc) is 2.75. The Labute approximate surface area is 101 Å². The van der Waals surface area contributed by atoms with Crippen LogP contribution in [0.4, 0.5) is 0 Å². The smallest absolute Gasteiger partial charge is 0.220 e. The van der Waals surface area contributed by atoms with E-state index in [0.29, 0.717) is 24.6 Å². The topological polar surface area (TPSA) is 42.2 Å². The van der Waals surface area contributed by atoms with Gasteiger partial charge in [0.25, 0.3) is 0 Å². The number of hydrogen-bond donors (Lipinski definition) is 1. The van der Waals surface area contributed by atoms with Crippen LogP contribution in [-0.2, 0) is 11.2 Å². The van der Waals surface area contributed by atoms with Crippen molar-refractivity contribution in [1.82, 2.24) is 5.32 Å². The summed E-state index contributed by atoms with van der Waals surface area (Å²) in [7, 11) is 0. The lowest BCUT2D eigenvalue weighted by atomic mass is 10.1. The van der Waals surface area contributed by atoms with Crippen LogP contribution in [0.3, 0.4) is 0 Å². The Kier molecular flexibility index (Phi) is 5.39. The summed E-state index contributed by atoms with van der Waals surface area (Å²) in [5.74, 6) is 1.66. The van der Waals surface area contributed by atoms with Crippen molar-refractivity contribution >= 4 is 17.5 Å². The van der Waals surface area contributed by atoms with Crippen molar-refractivity contribution in [1.29, 1.82) is 0 Å². The van der Waals surface area contributed by atoms with Gasteiger partial charge < -0.3 is 9.73 Å². The minimum atomic E-state index is 0.0238. The summed E-state index contributed by atoms with van der Waals surface area (Å²) in [5, 5.41) is 2.92. The number of hydrogen-bond acceptors (Lipinski definition) is 2. The molecule has 90 valence electrons. The number of aryl methyl sites for hydroxylation is 1. The SMILES string of the molecule is CC(C)C(CCl)NC(=O)CCc1ccco1. The molecule has 3 nitrogen and oxygen atoms in total. The highest BCUT2D eigenvalue weighted by atomic mass is 35.5. The maximum atomic E-state index is 11.6. The standard InChI is InChI=1S/C12H18ClNO2/c1-9(2)11(8-13)14-12(15)6-5-10-4-3-7-16-10/h3-4,7,9,11H,5-6,8H2,1-2H3,(H,14,15). The molecule has 1 rings (SSSR count). The van der Waals surface area contributed by atoms with Gasteiger partial charge in [-0.2, -0.15) is 0 Å². The van der Waals surface area contributed by atoms with Gasteiger partial charge in [0.2, 0.25) is 5.91 Å². The zero-order chi connectivity index (χ0) is 12.0. The van der Waals surface area contributed by atoms with Crippen molar-refractivity contribution in [2.24, 2.45) is 5.92 Å². The molecule has 0 fully saturated rings. The minimum absolute atomic E-state index is 0.0238. The summed E-state index contributed by atoms with van der Waals surface area (Å²) in [5.41, 5.74) is 0. The van der Waals surface area contributed by atoms with E-state index in [0.717, 1.165) is 5.76 Å². The molecule has 0 radical (unpaired) electrons. The maximum absolute atomic E-state index is 11.6. The third-order valence-corrected chi connectivity index (χ3v) is 2.83. The predicted molar refractivity (Wildman–Crippen MR) is 64.5 cm³/mol. The molecular weight excluding hydrogens is 226 g/mol. The Bertz CT molecular complexity index is 309. The summed E-state index contributed by atoms with van der Waals surface area (Å²) in [6.07, 6.45) is 2.68. The Morgan fingerprint density at radius 1 is 1.56 bits per heavy atom. The number of halogens is 1. The lowest BCUT2D eigenvalue weighted by Crippen LogP contribution is -2.39. The fraction of sp³-hybridized carbons (Fsp3) is 0.583. The monoisotopic (exact) mass is 243 g/mol. The van der Waals surface area contributed by atoms with E-state index in [-0.39, 0.29) is 11.9 Å². The predicted octanol–water partition coefficient (Wildman–Crippen LogP) is 2.59. The Morgan fingerprint density at radius 2 is 2.31 bits per heavy atom. The van der Waals surface area contributed by atoms with Gasteiger partial charge in [-0.25, -0.2) is 0 Å². The fourth-order valence-electron chi connectivity index (χ4n) is 1.35. The minimum Gasteiger partial charge on any atom is -0.469 e. The van der Waals surface area contributed by atoms with Crippen molar-refractivity contribution in [2.45, 2.75) is 32.7 Å². The van der Waals surface area contributed by atoms with Crippen LogP contribution in [0.25, 0.3) is 0 Å². The average molecular weight is 244 g/mol. The number of nitrogens with one attached hydrogen (secondary N) is 1. The van der Waals surface area contributed by atoms with E-state index in [1.165, 1.54) is 0 Å². The summed E-state index contributed by atoms with van der Waals surface area (Å²) >= 11 is 5.77. The molecule has 0 saturated heterocycles. The first kappa shape index (κ1) is 13.1. The first-order valence-electron chi connectivity index (χ1n) is 5.51. The van der Waals surface area contributed by atoms with Crippen LogP contribution < -0.4 is 5.32 Å². The van der Waals surface area contributed by atoms with Gasteiger partial charge in [-0.1, -0.05) is 13.8 Å². The van der Waals surface area contributed by atoms with Gasteiger partial charge in [-0.15, -0.1) is 11.6 Å². The zero-order valence-electron chi connectivity index (χ0n) is 9.70. The highest BCUT2D eigenvalue weighted by molar-refractivity contribution is 6.18. The molecule has 0 aliphatic rings. The molecule has 1 heterocycles. The van der Waals surface area contributed by atoms with Gasteiger partial charge in [0.15, 0.2) is 0 Å². The van der Waals surface area contributed by atoms with E-state index in [2.05, 4.69) is 5.32 Å². The number of alkyl halides is 1. The van der Waals surface area contributed by atoms with Gasteiger partial charge in [-0.3, -0.25) is 4.79 Å². The quantitative estimate of drug-likeness (QED) is 0.781. The van der Waals surface area contributed by atoms with Crippen molar-refractivity contribution in [2.75, 3.05) is 5.88 Å². The van der Waals surface area contributed by atoms with Crippen molar-refractivity contribution < 1.29 is 9.21 Å². The molecule has 1 aromatic heterocycles. The molecule has 16 heavy (non-hydrogen) atoms. The second kappa shape index (κ2) is 6.59. The van der Waals surface area contributed by atoms with Gasteiger partial charge in [0.05, 0.1) is 6.26 Å². The molecule has 0 saturated carbocycles. The highest BCUT2D eigenvalue weighted by Crippen LogP contribution is 2.06. The second-order valence-corrected chi connectivity index (χ2v) is 4.46. The lowest BCUT2D eigenvalue weighted by Gasteiger charge is -2.19. The van der Waals surface area contributed by atoms with Crippen LogP contribution in [0.5, 0.6) is 0 Å². The number of rotatable bonds is 6. The summed E-state index contributed by atoms with van der Waals surface area (Å²) in [6.45, 7) is 4.08. The molecule has 0 aliphatic carbocycles. The van der Waals surface area contributed by atoms with E-state index in [9.17, 15) is 4.79 Å². The van der Waals surface area contributed by atoms with E-state index in [1.54, 1.807) is 6.26 Å². The summed E-state index contributed by atoms with van der Waals surface area (Å²) < 4.78 is 5.16. The molecule has 1 unspecified atom stereocenters. The molecule has 0 spiro atoms. The van der Waals surface area contributed by atoms with E-state index < -0.39 is 0 Å². The van der Waals surface area contributed by atoms with Gasteiger partial charge >= 0.3 is 0 Å². The molecule has 0 aromatic carbocycles. The number of amides is 1. The van der Waals surface area contributed by atoms with Crippen LogP contribution in [0.2, 0.25) is 0 Å². The molecule has 1 aromatic rings. The summed E-state index contributed by atoms with van der Waals surface area (Å²) in [4.78, 5) is 11.6. The zero-order valence-corrected chi connectivity index (χ0v) is 10.5. The van der Waals surface area contributed by atoms with Gasteiger partial charge in [0, 0.05) is 24.8 Å². The third kappa shape index (κ3) is 4.27. The third-order valence-electron chi connectivity index (χ3n) is 2.50. The normalized spacial score (nSPS) is 12.8. The molecule has 0 aliphatic heterocycles. The Hall–Kier alpha value is -0.960. The lowest BCUT2D eigenvalue weighted by molar-refractivity contribution is -0.121. The van der Waals surface area contributed by atoms with Crippen molar-refractivity contribution in [3.05, 3.63) is 24.2 Å². The number of furan rings is 1. The number of carbonyl (C=O) groups is 1. The Balaban J connectivity index is 2.30. The fourth-order valence-corrected chi connectivity index (χ4v) is 1.79. The van der Waals surface area contributed by atoms with Crippen LogP contribution in [0.1, 0.15) is 26.0 Å². The maximum Gasteiger partial charge on any atom is 0.220 e. The molecule has 1 atom stereocenters. The number of carbonyl (C=O) groups excluding carboxylic acids is 1. The summed E-state index contributed by atoms with van der Waals surface area (Å²) in [6, 6.07) is 3.74. The molecule has 1 N–H and O–H groups in total. The van der Waals surface area contributed by atoms with Crippen LogP contribution in [0, 0.1) is 5.92 Å². The van der Waals surface area contributed by atoms with E-state index in [1.807, 2.05) is 26.0 Å². The van der Waals surface area contributed by atoms with Crippen LogP contribution >= 0.6 is 11.6 Å². The van der Waals surface area contributed by atoms with Gasteiger partial charge in [-0.05, 0) is 18.1 Å². The molecule has 0 bridgehead atoms. The van der Waals surface area contributed by atoms with Crippen LogP contribution in [0.15, 0.2) is 22.8 Å². The van der Waals surface area contributed by atoms with Crippen molar-refractivity contribution in [3.8, 4) is 0 Å². The molecular formula is C12H18ClNO2. The van der Waals surface area contributed by atoms with Crippen molar-refractivity contribution in [3.63, 3.8) is 0 Å². The molecule has 1 amide bonds. The van der Waals surface area contributed by atoms with Crippen LogP contribution in [-0.4, -0.2) is 17.8 Å². The first-order chi connectivity index (χ1) is 7.63. The largest absolute Gasteiger partial charge is 0.469 e. The second-order valence-electron chi connectivity index (χ2n) is 4.15. The Morgan fingerprint density at radius 3 is 2.81 bits per heavy atom. The molecule has 4 heteroatoms. The van der Waals surface area contributed by atoms with Gasteiger partial charge in [0.1, 0.15) is 5.76 Å². The first-order valence-corrected chi connectivity index (χ1v) is 6.04.